The molecule has 94 valence electrons. The summed E-state index contributed by atoms with van der Waals surface area (Å²) in [5, 5.41) is 7.40. The molecule has 1 aliphatic rings. The van der Waals surface area contributed by atoms with Gasteiger partial charge in [-0.1, -0.05) is 0 Å². The summed E-state index contributed by atoms with van der Waals surface area (Å²) in [5.41, 5.74) is 3.10. The van der Waals surface area contributed by atoms with E-state index in [1.54, 1.807) is 0 Å². The van der Waals surface area contributed by atoms with Gasteiger partial charge in [0.15, 0.2) is 0 Å². The number of carbonyl (C=O) groups excluding carboxylic acids is 1. The zero-order chi connectivity index (χ0) is 12.6. The smallest absolute Gasteiger partial charge is 0.224 e. The topological polar surface area (TPSA) is 46.9 Å². The number of hydrogen-bond acceptors (Lipinski definition) is 2. The molecule has 4 heteroatoms. The monoisotopic (exact) mass is 235 g/mol. The van der Waals surface area contributed by atoms with Crippen molar-refractivity contribution in [3.8, 4) is 0 Å². The molecule has 1 aromatic heterocycles. The third-order valence-electron chi connectivity index (χ3n) is 3.71. The first-order valence-corrected chi connectivity index (χ1v) is 6.27. The van der Waals surface area contributed by atoms with E-state index in [4.69, 9.17) is 0 Å². The van der Waals surface area contributed by atoms with Crippen molar-refractivity contribution in [2.75, 3.05) is 0 Å². The molecular weight excluding hydrogens is 214 g/mol. The molecule has 1 heterocycles. The molecule has 2 rings (SSSR count). The van der Waals surface area contributed by atoms with Gasteiger partial charge < -0.3 is 5.32 Å². The van der Waals surface area contributed by atoms with Gasteiger partial charge in [0, 0.05) is 24.3 Å². The highest BCUT2D eigenvalue weighted by Gasteiger charge is 2.29. The number of aromatic nitrogens is 2. The van der Waals surface area contributed by atoms with Crippen LogP contribution in [0.15, 0.2) is 0 Å². The summed E-state index contributed by atoms with van der Waals surface area (Å²) in [4.78, 5) is 11.9. The van der Waals surface area contributed by atoms with Crippen molar-refractivity contribution in [1.29, 1.82) is 0 Å². The second kappa shape index (κ2) is 4.51. The minimum Gasteiger partial charge on any atom is -0.353 e. The fourth-order valence-corrected chi connectivity index (χ4v) is 2.25. The number of aryl methyl sites for hydroxylation is 2. The van der Waals surface area contributed by atoms with Crippen LogP contribution < -0.4 is 5.32 Å². The number of amides is 1. The lowest BCUT2D eigenvalue weighted by atomic mass is 10.1. The quantitative estimate of drug-likeness (QED) is 0.859. The minimum atomic E-state index is 0.114. The van der Waals surface area contributed by atoms with E-state index in [9.17, 15) is 4.79 Å². The molecular formula is C13H21N3O. The van der Waals surface area contributed by atoms with Crippen LogP contribution in [0.3, 0.4) is 0 Å². The highest BCUT2D eigenvalue weighted by Crippen LogP contribution is 2.32. The summed E-state index contributed by atoms with van der Waals surface area (Å²) < 4.78 is 1.84. The third kappa shape index (κ3) is 2.68. The van der Waals surface area contributed by atoms with Crippen LogP contribution >= 0.6 is 0 Å². The van der Waals surface area contributed by atoms with Gasteiger partial charge in [-0.05, 0) is 39.5 Å². The molecule has 1 saturated carbocycles. The predicted molar refractivity (Wildman–Crippen MR) is 66.7 cm³/mol. The van der Waals surface area contributed by atoms with Crippen LogP contribution in [-0.4, -0.2) is 21.7 Å². The molecule has 17 heavy (non-hydrogen) atoms. The number of carbonyl (C=O) groups is 1. The first-order chi connectivity index (χ1) is 7.99. The maximum Gasteiger partial charge on any atom is 0.224 e. The zero-order valence-corrected chi connectivity index (χ0v) is 11.1. The number of hydrogen-bond donors (Lipinski definition) is 1. The molecule has 4 nitrogen and oxygen atoms in total. The third-order valence-corrected chi connectivity index (χ3v) is 3.71. The second-order valence-electron chi connectivity index (χ2n) is 5.14. The second-order valence-corrected chi connectivity index (χ2v) is 5.14. The molecule has 0 bridgehead atoms. The molecule has 1 aromatic rings. The van der Waals surface area contributed by atoms with Gasteiger partial charge in [-0.25, -0.2) is 0 Å². The Morgan fingerprint density at radius 2 is 2.18 bits per heavy atom. The van der Waals surface area contributed by atoms with Crippen LogP contribution in [-0.2, 0) is 18.3 Å². The van der Waals surface area contributed by atoms with Gasteiger partial charge in [0.2, 0.25) is 5.91 Å². The van der Waals surface area contributed by atoms with E-state index in [1.807, 2.05) is 25.6 Å². The maximum absolute atomic E-state index is 11.9. The summed E-state index contributed by atoms with van der Waals surface area (Å²) in [6.45, 7) is 6.06. The Bertz CT molecular complexity index is 432. The Balaban J connectivity index is 1.97. The molecule has 1 amide bonds. The molecule has 1 aliphatic carbocycles. The molecule has 1 atom stereocenters. The van der Waals surface area contributed by atoms with Crippen LogP contribution in [0.2, 0.25) is 0 Å². The fraction of sp³-hybridized carbons (Fsp3) is 0.692. The van der Waals surface area contributed by atoms with Crippen molar-refractivity contribution >= 4 is 5.91 Å². The molecule has 1 fully saturated rings. The summed E-state index contributed by atoms with van der Waals surface area (Å²) in [6, 6.07) is 0.319. The first-order valence-electron chi connectivity index (χ1n) is 6.27. The Hall–Kier alpha value is -1.32. The molecule has 1 unspecified atom stereocenters. The Morgan fingerprint density at radius 1 is 1.53 bits per heavy atom. The highest BCUT2D eigenvalue weighted by atomic mass is 16.1. The average Bonchev–Trinajstić information content (AvgIpc) is 3.04. The highest BCUT2D eigenvalue weighted by molar-refractivity contribution is 5.79. The average molecular weight is 235 g/mol. The van der Waals surface area contributed by atoms with E-state index < -0.39 is 0 Å². The van der Waals surface area contributed by atoms with Gasteiger partial charge in [-0.3, -0.25) is 9.48 Å². The van der Waals surface area contributed by atoms with Crippen LogP contribution in [0, 0.1) is 19.8 Å². The lowest BCUT2D eigenvalue weighted by molar-refractivity contribution is -0.121. The van der Waals surface area contributed by atoms with Gasteiger partial charge >= 0.3 is 0 Å². The van der Waals surface area contributed by atoms with E-state index in [0.29, 0.717) is 18.4 Å². The van der Waals surface area contributed by atoms with E-state index in [0.717, 1.165) is 17.0 Å². The van der Waals surface area contributed by atoms with Gasteiger partial charge in [0.1, 0.15) is 0 Å². The molecule has 0 aromatic carbocycles. The normalized spacial score (nSPS) is 16.9. The van der Waals surface area contributed by atoms with Crippen molar-refractivity contribution in [1.82, 2.24) is 15.1 Å². The standard InChI is InChI=1S/C13H21N3O/c1-8(11-5-6-11)14-13(17)7-12-9(2)15-16(4)10(12)3/h8,11H,5-7H2,1-4H3,(H,14,17). The number of rotatable bonds is 4. The molecule has 0 radical (unpaired) electrons. The van der Waals surface area contributed by atoms with Gasteiger partial charge in [0.05, 0.1) is 12.1 Å². The maximum atomic E-state index is 11.9. The lowest BCUT2D eigenvalue weighted by Crippen LogP contribution is -2.35. The van der Waals surface area contributed by atoms with Crippen LogP contribution in [0.4, 0.5) is 0 Å². The summed E-state index contributed by atoms with van der Waals surface area (Å²) in [5.74, 6) is 0.818. The first kappa shape index (κ1) is 12.1. The van der Waals surface area contributed by atoms with Crippen LogP contribution in [0.1, 0.15) is 36.7 Å². The van der Waals surface area contributed by atoms with Crippen molar-refractivity contribution in [2.24, 2.45) is 13.0 Å². The van der Waals surface area contributed by atoms with Gasteiger partial charge in [-0.2, -0.15) is 5.10 Å². The zero-order valence-electron chi connectivity index (χ0n) is 11.1. The Kier molecular flexibility index (Phi) is 3.22. The van der Waals surface area contributed by atoms with Crippen molar-refractivity contribution in [3.63, 3.8) is 0 Å². The minimum absolute atomic E-state index is 0.114. The summed E-state index contributed by atoms with van der Waals surface area (Å²) in [6.07, 6.45) is 2.96. The summed E-state index contributed by atoms with van der Waals surface area (Å²) in [7, 11) is 1.91. The molecule has 0 saturated heterocycles. The number of nitrogens with one attached hydrogen (secondary N) is 1. The van der Waals surface area contributed by atoms with E-state index in [1.165, 1.54) is 12.8 Å². The molecule has 0 spiro atoms. The molecule has 0 aliphatic heterocycles. The van der Waals surface area contributed by atoms with Gasteiger partial charge in [-0.15, -0.1) is 0 Å². The Labute approximate surface area is 102 Å². The lowest BCUT2D eigenvalue weighted by Gasteiger charge is -2.12. The van der Waals surface area contributed by atoms with E-state index >= 15 is 0 Å². The number of nitrogens with zero attached hydrogens (tertiary/aromatic N) is 2. The molecule has 1 N–H and O–H groups in total. The predicted octanol–water partition coefficient (Wildman–Crippen LogP) is 1.49. The largest absolute Gasteiger partial charge is 0.353 e. The van der Waals surface area contributed by atoms with E-state index in [-0.39, 0.29) is 5.91 Å². The van der Waals surface area contributed by atoms with Crippen molar-refractivity contribution < 1.29 is 4.79 Å². The van der Waals surface area contributed by atoms with E-state index in [2.05, 4.69) is 17.3 Å². The van der Waals surface area contributed by atoms with Crippen molar-refractivity contribution in [3.05, 3.63) is 17.0 Å². The summed E-state index contributed by atoms with van der Waals surface area (Å²) >= 11 is 0. The van der Waals surface area contributed by atoms with Crippen LogP contribution in [0.5, 0.6) is 0 Å². The fourth-order valence-electron chi connectivity index (χ4n) is 2.25. The SMILES string of the molecule is Cc1nn(C)c(C)c1CC(=O)NC(C)C1CC1. The van der Waals surface area contributed by atoms with Crippen molar-refractivity contribution in [2.45, 2.75) is 46.1 Å². The van der Waals surface area contributed by atoms with Gasteiger partial charge in [0.25, 0.3) is 0 Å². The Morgan fingerprint density at radius 3 is 2.65 bits per heavy atom. The van der Waals surface area contributed by atoms with Crippen LogP contribution in [0.25, 0.3) is 0 Å².